The SMILES string of the molecule is O=C(/C=C/c1ccccc1N1CCN(C(=O)C2CCCO2)CC1)NO. The zero-order chi connectivity index (χ0) is 17.6. The minimum Gasteiger partial charge on any atom is -0.368 e. The van der Waals surface area contributed by atoms with Crippen LogP contribution in [0.4, 0.5) is 5.69 Å². The lowest BCUT2D eigenvalue weighted by Crippen LogP contribution is -2.51. The Hall–Kier alpha value is -2.38. The molecule has 134 valence electrons. The molecule has 0 aromatic heterocycles. The highest BCUT2D eigenvalue weighted by Gasteiger charge is 2.30. The third-order valence-corrected chi connectivity index (χ3v) is 4.60. The van der Waals surface area contributed by atoms with Gasteiger partial charge in [-0.1, -0.05) is 18.2 Å². The molecule has 1 atom stereocenters. The number of rotatable bonds is 4. The Morgan fingerprint density at radius 2 is 1.96 bits per heavy atom. The molecule has 7 nitrogen and oxygen atoms in total. The van der Waals surface area contributed by atoms with E-state index in [2.05, 4.69) is 4.90 Å². The Morgan fingerprint density at radius 1 is 1.20 bits per heavy atom. The Balaban J connectivity index is 1.64. The lowest BCUT2D eigenvalue weighted by molar-refractivity contribution is -0.141. The summed E-state index contributed by atoms with van der Waals surface area (Å²) in [6, 6.07) is 7.76. The largest absolute Gasteiger partial charge is 0.368 e. The summed E-state index contributed by atoms with van der Waals surface area (Å²) >= 11 is 0. The fraction of sp³-hybridized carbons (Fsp3) is 0.444. The number of ether oxygens (including phenoxy) is 1. The van der Waals surface area contributed by atoms with E-state index in [1.807, 2.05) is 29.2 Å². The van der Waals surface area contributed by atoms with Gasteiger partial charge >= 0.3 is 0 Å². The van der Waals surface area contributed by atoms with Crippen molar-refractivity contribution in [2.45, 2.75) is 18.9 Å². The minimum atomic E-state index is -0.568. The average molecular weight is 345 g/mol. The van der Waals surface area contributed by atoms with Crippen molar-refractivity contribution in [3.8, 4) is 0 Å². The summed E-state index contributed by atoms with van der Waals surface area (Å²) in [5.41, 5.74) is 3.49. The van der Waals surface area contributed by atoms with Crippen LogP contribution in [0.1, 0.15) is 18.4 Å². The van der Waals surface area contributed by atoms with Gasteiger partial charge in [-0.15, -0.1) is 0 Å². The molecule has 0 spiro atoms. The lowest BCUT2D eigenvalue weighted by Gasteiger charge is -2.37. The average Bonchev–Trinajstić information content (AvgIpc) is 3.20. The summed E-state index contributed by atoms with van der Waals surface area (Å²) in [7, 11) is 0. The predicted molar refractivity (Wildman–Crippen MR) is 93.2 cm³/mol. The molecule has 25 heavy (non-hydrogen) atoms. The molecule has 0 radical (unpaired) electrons. The van der Waals surface area contributed by atoms with Crippen LogP contribution >= 0.6 is 0 Å². The second kappa shape index (κ2) is 8.13. The fourth-order valence-corrected chi connectivity index (χ4v) is 3.26. The van der Waals surface area contributed by atoms with E-state index in [0.717, 1.165) is 37.2 Å². The zero-order valence-electron chi connectivity index (χ0n) is 14.1. The van der Waals surface area contributed by atoms with Gasteiger partial charge in [-0.25, -0.2) is 5.48 Å². The van der Waals surface area contributed by atoms with Gasteiger partial charge in [-0.05, 0) is 30.5 Å². The fourth-order valence-electron chi connectivity index (χ4n) is 3.26. The normalized spacial score (nSPS) is 20.9. The predicted octanol–water partition coefficient (Wildman–Crippen LogP) is 1.03. The molecule has 7 heteroatoms. The van der Waals surface area contributed by atoms with Gasteiger partial charge < -0.3 is 14.5 Å². The van der Waals surface area contributed by atoms with E-state index < -0.39 is 5.91 Å². The molecule has 2 saturated heterocycles. The van der Waals surface area contributed by atoms with Crippen molar-refractivity contribution < 1.29 is 19.5 Å². The zero-order valence-corrected chi connectivity index (χ0v) is 14.1. The van der Waals surface area contributed by atoms with Gasteiger partial charge in [-0.3, -0.25) is 14.8 Å². The molecule has 2 amide bonds. The Kier molecular flexibility index (Phi) is 5.67. The highest BCUT2D eigenvalue weighted by molar-refractivity contribution is 5.92. The molecule has 1 unspecified atom stereocenters. The van der Waals surface area contributed by atoms with Crippen LogP contribution < -0.4 is 10.4 Å². The second-order valence-electron chi connectivity index (χ2n) is 6.18. The number of nitrogens with one attached hydrogen (secondary N) is 1. The Labute approximate surface area is 146 Å². The lowest BCUT2D eigenvalue weighted by atomic mass is 10.1. The number of benzene rings is 1. The smallest absolute Gasteiger partial charge is 0.267 e. The van der Waals surface area contributed by atoms with E-state index in [1.165, 1.54) is 6.08 Å². The standard InChI is InChI=1S/C18H23N3O4/c22-17(19-24)8-7-14-4-1-2-5-15(14)20-9-11-21(12-10-20)18(23)16-6-3-13-25-16/h1-2,4-5,7-8,16,24H,3,6,9-13H2,(H,19,22)/b8-7+. The first kappa shape index (κ1) is 17.4. The number of piperazine rings is 1. The highest BCUT2D eigenvalue weighted by atomic mass is 16.5. The molecule has 2 N–H and O–H groups in total. The minimum absolute atomic E-state index is 0.102. The summed E-state index contributed by atoms with van der Waals surface area (Å²) in [6.07, 6.45) is 4.47. The van der Waals surface area contributed by atoms with E-state index in [1.54, 1.807) is 11.6 Å². The van der Waals surface area contributed by atoms with Gasteiger partial charge in [0.2, 0.25) is 0 Å². The van der Waals surface area contributed by atoms with Crippen LogP contribution in [0.2, 0.25) is 0 Å². The number of hydrogen-bond donors (Lipinski definition) is 2. The third-order valence-electron chi connectivity index (χ3n) is 4.60. The van der Waals surface area contributed by atoms with Crippen molar-refractivity contribution in [3.05, 3.63) is 35.9 Å². The number of amides is 2. The molecular formula is C18H23N3O4. The van der Waals surface area contributed by atoms with Crippen molar-refractivity contribution in [1.82, 2.24) is 10.4 Å². The number of hydrogen-bond acceptors (Lipinski definition) is 5. The van der Waals surface area contributed by atoms with Crippen LogP contribution in [-0.2, 0) is 14.3 Å². The molecule has 1 aromatic carbocycles. The van der Waals surface area contributed by atoms with Crippen molar-refractivity contribution in [2.24, 2.45) is 0 Å². The molecule has 2 aliphatic rings. The van der Waals surface area contributed by atoms with E-state index in [9.17, 15) is 9.59 Å². The van der Waals surface area contributed by atoms with E-state index in [0.29, 0.717) is 19.7 Å². The van der Waals surface area contributed by atoms with Crippen LogP contribution in [-0.4, -0.2) is 60.8 Å². The van der Waals surface area contributed by atoms with Crippen molar-refractivity contribution in [2.75, 3.05) is 37.7 Å². The summed E-state index contributed by atoms with van der Waals surface area (Å²) in [6.45, 7) is 3.46. The molecule has 2 fully saturated rings. The molecule has 2 aliphatic heterocycles. The molecule has 0 saturated carbocycles. The quantitative estimate of drug-likeness (QED) is 0.484. The van der Waals surface area contributed by atoms with Gasteiger partial charge in [0.1, 0.15) is 6.10 Å². The summed E-state index contributed by atoms with van der Waals surface area (Å²) in [5.74, 6) is -0.466. The van der Waals surface area contributed by atoms with Gasteiger partial charge in [0.15, 0.2) is 0 Å². The summed E-state index contributed by atoms with van der Waals surface area (Å²) in [5, 5.41) is 8.59. The highest BCUT2D eigenvalue weighted by Crippen LogP contribution is 2.24. The van der Waals surface area contributed by atoms with Gasteiger partial charge in [0.25, 0.3) is 11.8 Å². The number of anilines is 1. The van der Waals surface area contributed by atoms with Crippen molar-refractivity contribution >= 4 is 23.6 Å². The van der Waals surface area contributed by atoms with Crippen LogP contribution in [0, 0.1) is 0 Å². The first-order chi connectivity index (χ1) is 12.2. The van der Waals surface area contributed by atoms with Crippen LogP contribution in [0.15, 0.2) is 30.3 Å². The van der Waals surface area contributed by atoms with Crippen LogP contribution in [0.3, 0.4) is 0 Å². The van der Waals surface area contributed by atoms with Crippen molar-refractivity contribution in [1.29, 1.82) is 0 Å². The molecular weight excluding hydrogens is 322 g/mol. The van der Waals surface area contributed by atoms with Gasteiger partial charge in [0, 0.05) is 44.5 Å². The number of nitrogens with zero attached hydrogens (tertiary/aromatic N) is 2. The summed E-state index contributed by atoms with van der Waals surface area (Å²) < 4.78 is 5.49. The molecule has 3 rings (SSSR count). The maximum absolute atomic E-state index is 12.4. The number of carbonyl (C=O) groups is 2. The maximum Gasteiger partial charge on any atom is 0.267 e. The summed E-state index contributed by atoms with van der Waals surface area (Å²) in [4.78, 5) is 27.7. The molecule has 0 bridgehead atoms. The van der Waals surface area contributed by atoms with E-state index in [-0.39, 0.29) is 12.0 Å². The molecule has 2 heterocycles. The Bertz CT molecular complexity index is 647. The van der Waals surface area contributed by atoms with Crippen LogP contribution in [0.25, 0.3) is 6.08 Å². The number of hydroxylamine groups is 1. The molecule has 1 aromatic rings. The maximum atomic E-state index is 12.4. The van der Waals surface area contributed by atoms with E-state index >= 15 is 0 Å². The van der Waals surface area contributed by atoms with Gasteiger partial charge in [-0.2, -0.15) is 0 Å². The topological polar surface area (TPSA) is 82.1 Å². The first-order valence-electron chi connectivity index (χ1n) is 8.55. The van der Waals surface area contributed by atoms with E-state index in [4.69, 9.17) is 9.94 Å². The third kappa shape index (κ3) is 4.18. The number of carbonyl (C=O) groups excluding carboxylic acids is 2. The van der Waals surface area contributed by atoms with Gasteiger partial charge in [0.05, 0.1) is 0 Å². The number of para-hydroxylation sites is 1. The monoisotopic (exact) mass is 345 g/mol. The second-order valence-corrected chi connectivity index (χ2v) is 6.18. The van der Waals surface area contributed by atoms with Crippen LogP contribution in [0.5, 0.6) is 0 Å². The van der Waals surface area contributed by atoms with Crippen molar-refractivity contribution in [3.63, 3.8) is 0 Å². The Morgan fingerprint density at radius 3 is 2.64 bits per heavy atom. The first-order valence-corrected chi connectivity index (χ1v) is 8.55. The molecule has 0 aliphatic carbocycles.